The maximum absolute atomic E-state index is 12.3. The molecule has 5 heteroatoms. The predicted octanol–water partition coefficient (Wildman–Crippen LogP) is 3.49. The van der Waals surface area contributed by atoms with E-state index in [1.54, 1.807) is 29.2 Å². The van der Waals surface area contributed by atoms with E-state index < -0.39 is 0 Å². The first-order valence-corrected chi connectivity index (χ1v) is 8.26. The van der Waals surface area contributed by atoms with Gasteiger partial charge in [0.1, 0.15) is 0 Å². The highest BCUT2D eigenvalue weighted by molar-refractivity contribution is 6.30. The number of hydrogen-bond acceptors (Lipinski definition) is 2. The molecular formula is C19H19ClN2O2. The Morgan fingerprint density at radius 2 is 1.96 bits per heavy atom. The number of aryl methyl sites for hydroxylation is 2. The number of nitrogens with one attached hydrogen (secondary N) is 1. The summed E-state index contributed by atoms with van der Waals surface area (Å²) >= 11 is 5.92. The fourth-order valence-corrected chi connectivity index (χ4v) is 3.04. The summed E-state index contributed by atoms with van der Waals surface area (Å²) in [6.45, 7) is 4.55. The van der Waals surface area contributed by atoms with Gasteiger partial charge in [-0.15, -0.1) is 0 Å². The van der Waals surface area contributed by atoms with Crippen molar-refractivity contribution >= 4 is 29.1 Å². The number of hydrogen-bond donors (Lipinski definition) is 1. The molecule has 1 atom stereocenters. The molecule has 2 amide bonds. The summed E-state index contributed by atoms with van der Waals surface area (Å²) in [7, 11) is 0. The molecule has 1 aliphatic rings. The molecule has 1 saturated heterocycles. The van der Waals surface area contributed by atoms with Crippen LogP contribution in [0.1, 0.15) is 27.9 Å². The Labute approximate surface area is 146 Å². The second-order valence-electron chi connectivity index (χ2n) is 6.16. The summed E-state index contributed by atoms with van der Waals surface area (Å²) in [5.74, 6) is -0.188. The van der Waals surface area contributed by atoms with E-state index in [4.69, 9.17) is 11.6 Å². The van der Waals surface area contributed by atoms with Gasteiger partial charge in [0.15, 0.2) is 0 Å². The summed E-state index contributed by atoms with van der Waals surface area (Å²) in [4.78, 5) is 26.3. The van der Waals surface area contributed by atoms with E-state index in [0.29, 0.717) is 23.6 Å². The van der Waals surface area contributed by atoms with Gasteiger partial charge in [-0.2, -0.15) is 0 Å². The third-order valence-electron chi connectivity index (χ3n) is 4.35. The number of benzene rings is 2. The number of halogens is 1. The van der Waals surface area contributed by atoms with Gasteiger partial charge in [0.25, 0.3) is 5.91 Å². The van der Waals surface area contributed by atoms with Crippen LogP contribution < -0.4 is 10.2 Å². The average molecular weight is 343 g/mol. The fraction of sp³-hybridized carbons (Fsp3) is 0.263. The molecule has 124 valence electrons. The summed E-state index contributed by atoms with van der Waals surface area (Å²) in [5.41, 5.74) is 3.71. The minimum absolute atomic E-state index is 0.0228. The summed E-state index contributed by atoms with van der Waals surface area (Å²) < 4.78 is 0. The van der Waals surface area contributed by atoms with E-state index in [1.807, 2.05) is 32.0 Å². The lowest BCUT2D eigenvalue weighted by molar-refractivity contribution is -0.117. The largest absolute Gasteiger partial charge is 0.347 e. The second-order valence-corrected chi connectivity index (χ2v) is 6.59. The number of rotatable bonds is 3. The fourth-order valence-electron chi connectivity index (χ4n) is 2.85. The molecule has 0 spiro atoms. The van der Waals surface area contributed by atoms with Gasteiger partial charge in [-0.1, -0.05) is 23.7 Å². The maximum Gasteiger partial charge on any atom is 0.251 e. The van der Waals surface area contributed by atoms with Crippen LogP contribution in [0.25, 0.3) is 0 Å². The zero-order valence-electron chi connectivity index (χ0n) is 13.7. The van der Waals surface area contributed by atoms with Gasteiger partial charge in [-0.05, 0) is 55.3 Å². The molecule has 2 aromatic carbocycles. The van der Waals surface area contributed by atoms with Gasteiger partial charge >= 0.3 is 0 Å². The SMILES string of the molecule is Cc1ccc(N2C[C@H](NC(=O)c3cccc(Cl)c3)CC2=O)cc1C. The number of carbonyl (C=O) groups is 2. The molecule has 24 heavy (non-hydrogen) atoms. The highest BCUT2D eigenvalue weighted by atomic mass is 35.5. The molecule has 0 unspecified atom stereocenters. The first kappa shape index (κ1) is 16.5. The molecule has 0 radical (unpaired) electrons. The van der Waals surface area contributed by atoms with Crippen LogP contribution in [0, 0.1) is 13.8 Å². The predicted molar refractivity (Wildman–Crippen MR) is 95.6 cm³/mol. The van der Waals surface area contributed by atoms with Crippen molar-refractivity contribution in [3.8, 4) is 0 Å². The molecule has 1 N–H and O–H groups in total. The van der Waals surface area contributed by atoms with E-state index >= 15 is 0 Å². The number of carbonyl (C=O) groups excluding carboxylic acids is 2. The van der Waals surface area contributed by atoms with Crippen molar-refractivity contribution < 1.29 is 9.59 Å². The zero-order valence-corrected chi connectivity index (χ0v) is 14.4. The smallest absolute Gasteiger partial charge is 0.251 e. The molecule has 0 bridgehead atoms. The molecular weight excluding hydrogens is 324 g/mol. The topological polar surface area (TPSA) is 49.4 Å². The van der Waals surface area contributed by atoms with E-state index in [0.717, 1.165) is 11.3 Å². The van der Waals surface area contributed by atoms with Crippen LogP contribution in [0.15, 0.2) is 42.5 Å². The van der Waals surface area contributed by atoms with Crippen molar-refractivity contribution in [3.63, 3.8) is 0 Å². The van der Waals surface area contributed by atoms with Crippen molar-refractivity contribution in [2.24, 2.45) is 0 Å². The summed E-state index contributed by atoms with van der Waals surface area (Å²) in [6.07, 6.45) is 0.305. The first-order valence-electron chi connectivity index (χ1n) is 7.88. The summed E-state index contributed by atoms with van der Waals surface area (Å²) in [5, 5.41) is 3.43. The lowest BCUT2D eigenvalue weighted by Crippen LogP contribution is -2.37. The Bertz CT molecular complexity index is 804. The quantitative estimate of drug-likeness (QED) is 0.928. The molecule has 0 saturated carbocycles. The molecule has 1 heterocycles. The van der Waals surface area contributed by atoms with Gasteiger partial charge < -0.3 is 10.2 Å². The first-order chi connectivity index (χ1) is 11.4. The summed E-state index contributed by atoms with van der Waals surface area (Å²) in [6, 6.07) is 12.5. The maximum atomic E-state index is 12.3. The highest BCUT2D eigenvalue weighted by Crippen LogP contribution is 2.24. The van der Waals surface area contributed by atoms with Crippen LogP contribution in [0.3, 0.4) is 0 Å². The third-order valence-corrected chi connectivity index (χ3v) is 4.58. The van der Waals surface area contributed by atoms with Gasteiger partial charge in [0.2, 0.25) is 5.91 Å². The number of anilines is 1. The van der Waals surface area contributed by atoms with Crippen molar-refractivity contribution in [2.45, 2.75) is 26.3 Å². The van der Waals surface area contributed by atoms with Crippen LogP contribution in [0.4, 0.5) is 5.69 Å². The van der Waals surface area contributed by atoms with Crippen LogP contribution in [0.2, 0.25) is 5.02 Å². The van der Waals surface area contributed by atoms with E-state index in [1.165, 1.54) is 5.56 Å². The Morgan fingerprint density at radius 1 is 1.17 bits per heavy atom. The van der Waals surface area contributed by atoms with Gasteiger partial charge in [-0.3, -0.25) is 9.59 Å². The minimum Gasteiger partial charge on any atom is -0.347 e. The molecule has 1 fully saturated rings. The lowest BCUT2D eigenvalue weighted by Gasteiger charge is -2.18. The van der Waals surface area contributed by atoms with Crippen molar-refractivity contribution in [2.75, 3.05) is 11.4 Å². The Balaban J connectivity index is 1.70. The molecule has 0 aliphatic carbocycles. The van der Waals surface area contributed by atoms with Crippen LogP contribution >= 0.6 is 11.6 Å². The van der Waals surface area contributed by atoms with Crippen LogP contribution in [-0.4, -0.2) is 24.4 Å². The molecule has 2 aromatic rings. The van der Waals surface area contributed by atoms with Crippen molar-refractivity contribution in [3.05, 3.63) is 64.2 Å². The minimum atomic E-state index is -0.211. The monoisotopic (exact) mass is 342 g/mol. The van der Waals surface area contributed by atoms with Crippen LogP contribution in [-0.2, 0) is 4.79 Å². The van der Waals surface area contributed by atoms with Gasteiger partial charge in [0.05, 0.1) is 6.04 Å². The van der Waals surface area contributed by atoms with Crippen molar-refractivity contribution in [1.29, 1.82) is 0 Å². The average Bonchev–Trinajstić information content (AvgIpc) is 2.90. The van der Waals surface area contributed by atoms with Crippen LogP contribution in [0.5, 0.6) is 0 Å². The van der Waals surface area contributed by atoms with E-state index in [2.05, 4.69) is 5.32 Å². The highest BCUT2D eigenvalue weighted by Gasteiger charge is 2.31. The number of amides is 2. The molecule has 4 nitrogen and oxygen atoms in total. The van der Waals surface area contributed by atoms with Gasteiger partial charge in [-0.25, -0.2) is 0 Å². The Hall–Kier alpha value is -2.33. The standard InChI is InChI=1S/C19H19ClN2O2/c1-12-6-7-17(8-13(12)2)22-11-16(10-18(22)23)21-19(24)14-4-3-5-15(20)9-14/h3-9,16H,10-11H2,1-2H3,(H,21,24)/t16-/m1/s1. The molecule has 3 rings (SSSR count). The van der Waals surface area contributed by atoms with Gasteiger partial charge in [0, 0.05) is 29.2 Å². The normalized spacial score (nSPS) is 17.2. The number of nitrogens with zero attached hydrogens (tertiary/aromatic N) is 1. The zero-order chi connectivity index (χ0) is 17.3. The van der Waals surface area contributed by atoms with E-state index in [-0.39, 0.29) is 17.9 Å². The van der Waals surface area contributed by atoms with E-state index in [9.17, 15) is 9.59 Å². The molecule has 0 aromatic heterocycles. The Morgan fingerprint density at radius 3 is 2.67 bits per heavy atom. The molecule has 1 aliphatic heterocycles. The lowest BCUT2D eigenvalue weighted by atomic mass is 10.1. The third kappa shape index (κ3) is 3.44. The van der Waals surface area contributed by atoms with Crippen molar-refractivity contribution in [1.82, 2.24) is 5.32 Å². The second kappa shape index (κ2) is 6.65. The Kier molecular flexibility index (Phi) is 4.58.